The first-order valence-corrected chi connectivity index (χ1v) is 4.89. The van der Waals surface area contributed by atoms with E-state index in [2.05, 4.69) is 15.0 Å². The lowest BCUT2D eigenvalue weighted by Gasteiger charge is -2.10. The molecular weight excluding hydrogens is 224 g/mol. The first kappa shape index (κ1) is 12.8. The summed E-state index contributed by atoms with van der Waals surface area (Å²) in [6, 6.07) is 2.15. The van der Waals surface area contributed by atoms with E-state index < -0.39 is 23.7 Å². The number of pyridine rings is 1. The van der Waals surface area contributed by atoms with Crippen molar-refractivity contribution in [2.24, 2.45) is 0 Å². The average molecular weight is 236 g/mol. The Balaban J connectivity index is 2.66. The number of aromatic nitrogens is 1. The molecule has 1 unspecified atom stereocenters. The number of ether oxygens (including phenoxy) is 1. The van der Waals surface area contributed by atoms with Crippen LogP contribution in [0.2, 0.25) is 0 Å². The highest BCUT2D eigenvalue weighted by molar-refractivity contribution is 6.43. The Morgan fingerprint density at radius 1 is 1.41 bits per heavy atom. The Morgan fingerprint density at radius 2 is 2.12 bits per heavy atom. The minimum absolute atomic E-state index is 0.169. The summed E-state index contributed by atoms with van der Waals surface area (Å²) < 4.78 is 4.42. The number of hydrogen-bond acceptors (Lipinski definition) is 5. The summed E-state index contributed by atoms with van der Waals surface area (Å²) in [7, 11) is 1.20. The largest absolute Gasteiger partial charge is 0.467 e. The highest BCUT2D eigenvalue weighted by atomic mass is 16.5. The number of amides is 1. The number of nitrogens with one attached hydrogen (secondary N) is 1. The van der Waals surface area contributed by atoms with Crippen LogP contribution in [0.3, 0.4) is 0 Å². The van der Waals surface area contributed by atoms with Gasteiger partial charge in [0.05, 0.1) is 7.11 Å². The van der Waals surface area contributed by atoms with Crippen LogP contribution in [0.25, 0.3) is 0 Å². The molecule has 90 valence electrons. The van der Waals surface area contributed by atoms with E-state index in [4.69, 9.17) is 0 Å². The lowest BCUT2D eigenvalue weighted by Crippen LogP contribution is -2.42. The molecule has 0 saturated heterocycles. The van der Waals surface area contributed by atoms with E-state index in [0.29, 0.717) is 0 Å². The Kier molecular flexibility index (Phi) is 4.33. The van der Waals surface area contributed by atoms with Crippen LogP contribution in [0.4, 0.5) is 0 Å². The number of nitrogens with zero attached hydrogens (tertiary/aromatic N) is 1. The van der Waals surface area contributed by atoms with Crippen LogP contribution in [-0.4, -0.2) is 35.8 Å². The van der Waals surface area contributed by atoms with E-state index in [1.165, 1.54) is 32.5 Å². The number of carbonyl (C=O) groups excluding carboxylic acids is 3. The highest BCUT2D eigenvalue weighted by Crippen LogP contribution is 1.98. The minimum Gasteiger partial charge on any atom is -0.467 e. The Morgan fingerprint density at radius 3 is 2.65 bits per heavy atom. The first-order valence-electron chi connectivity index (χ1n) is 4.89. The summed E-state index contributed by atoms with van der Waals surface area (Å²) in [5.41, 5.74) is 0.169. The van der Waals surface area contributed by atoms with Gasteiger partial charge in [-0.15, -0.1) is 0 Å². The zero-order valence-corrected chi connectivity index (χ0v) is 9.47. The molecule has 0 aliphatic carbocycles. The van der Waals surface area contributed by atoms with Crippen molar-refractivity contribution in [3.8, 4) is 0 Å². The van der Waals surface area contributed by atoms with Gasteiger partial charge >= 0.3 is 5.97 Å². The molecule has 0 bridgehead atoms. The van der Waals surface area contributed by atoms with E-state index >= 15 is 0 Å². The van der Waals surface area contributed by atoms with Crippen molar-refractivity contribution in [3.05, 3.63) is 30.1 Å². The smallest absolute Gasteiger partial charge is 0.328 e. The SMILES string of the molecule is COC(=O)C(C)NC(=O)C(=O)c1cccnc1. The average Bonchev–Trinajstić information content (AvgIpc) is 2.37. The normalized spacial score (nSPS) is 11.4. The molecule has 1 atom stereocenters. The molecule has 1 N–H and O–H groups in total. The van der Waals surface area contributed by atoms with Crippen molar-refractivity contribution >= 4 is 17.7 Å². The predicted molar refractivity (Wildman–Crippen MR) is 58.2 cm³/mol. The number of methoxy groups -OCH3 is 1. The van der Waals surface area contributed by atoms with E-state index in [1.54, 1.807) is 6.07 Å². The van der Waals surface area contributed by atoms with Crippen LogP contribution in [0, 0.1) is 0 Å². The van der Waals surface area contributed by atoms with Crippen molar-refractivity contribution in [1.82, 2.24) is 10.3 Å². The predicted octanol–water partition coefficient (Wildman–Crippen LogP) is -0.0580. The van der Waals surface area contributed by atoms with Crippen molar-refractivity contribution in [3.63, 3.8) is 0 Å². The lowest BCUT2D eigenvalue weighted by atomic mass is 10.2. The number of esters is 1. The molecule has 1 amide bonds. The van der Waals surface area contributed by atoms with Crippen molar-refractivity contribution in [2.75, 3.05) is 7.11 Å². The van der Waals surface area contributed by atoms with Gasteiger partial charge < -0.3 is 10.1 Å². The second-order valence-electron chi connectivity index (χ2n) is 3.29. The molecule has 0 aromatic carbocycles. The minimum atomic E-state index is -0.867. The van der Waals surface area contributed by atoms with Crippen LogP contribution in [0.1, 0.15) is 17.3 Å². The van der Waals surface area contributed by atoms with Gasteiger partial charge in [-0.2, -0.15) is 0 Å². The maximum absolute atomic E-state index is 11.6. The molecular formula is C11H12N2O4. The molecule has 0 radical (unpaired) electrons. The summed E-state index contributed by atoms with van der Waals surface area (Å²) in [6.07, 6.45) is 2.77. The van der Waals surface area contributed by atoms with E-state index in [9.17, 15) is 14.4 Å². The standard InChI is InChI=1S/C11H12N2O4/c1-7(11(16)17-2)13-10(15)9(14)8-4-3-5-12-6-8/h3-7H,1-2H3,(H,13,15). The van der Waals surface area contributed by atoms with E-state index in [-0.39, 0.29) is 5.56 Å². The second-order valence-corrected chi connectivity index (χ2v) is 3.29. The van der Waals surface area contributed by atoms with Gasteiger partial charge in [0.15, 0.2) is 0 Å². The van der Waals surface area contributed by atoms with Gasteiger partial charge in [-0.1, -0.05) is 0 Å². The number of carbonyl (C=O) groups is 3. The first-order chi connectivity index (χ1) is 8.06. The van der Waals surface area contributed by atoms with Gasteiger partial charge in [-0.25, -0.2) is 4.79 Å². The van der Waals surface area contributed by atoms with Crippen LogP contribution >= 0.6 is 0 Å². The van der Waals surface area contributed by atoms with Crippen LogP contribution in [0.5, 0.6) is 0 Å². The molecule has 0 aliphatic rings. The van der Waals surface area contributed by atoms with Gasteiger partial charge in [-0.05, 0) is 19.1 Å². The summed E-state index contributed by atoms with van der Waals surface area (Å²) in [4.78, 5) is 37.8. The van der Waals surface area contributed by atoms with Gasteiger partial charge in [0, 0.05) is 18.0 Å². The zero-order chi connectivity index (χ0) is 12.8. The molecule has 0 fully saturated rings. The van der Waals surface area contributed by atoms with Crippen LogP contribution in [0.15, 0.2) is 24.5 Å². The number of ketones is 1. The van der Waals surface area contributed by atoms with Crippen molar-refractivity contribution < 1.29 is 19.1 Å². The lowest BCUT2D eigenvalue weighted by molar-refractivity contribution is -0.144. The number of hydrogen-bond donors (Lipinski definition) is 1. The molecule has 1 aromatic heterocycles. The van der Waals surface area contributed by atoms with Gasteiger partial charge in [0.25, 0.3) is 11.7 Å². The molecule has 1 rings (SSSR count). The van der Waals surface area contributed by atoms with Gasteiger partial charge in [0.1, 0.15) is 6.04 Å². The molecule has 0 saturated carbocycles. The molecule has 1 aromatic rings. The molecule has 6 heteroatoms. The number of Topliss-reactive ketones (excluding diaryl/α,β-unsaturated/α-hetero) is 1. The molecule has 1 heterocycles. The zero-order valence-electron chi connectivity index (χ0n) is 9.47. The Bertz CT molecular complexity index is 430. The van der Waals surface area contributed by atoms with E-state index in [1.807, 2.05) is 0 Å². The fourth-order valence-corrected chi connectivity index (χ4v) is 1.13. The molecule has 0 spiro atoms. The monoisotopic (exact) mass is 236 g/mol. The second kappa shape index (κ2) is 5.74. The van der Waals surface area contributed by atoms with Crippen LogP contribution in [-0.2, 0) is 14.3 Å². The third kappa shape index (κ3) is 3.37. The maximum atomic E-state index is 11.6. The Hall–Kier alpha value is -2.24. The van der Waals surface area contributed by atoms with Crippen LogP contribution < -0.4 is 5.32 Å². The van der Waals surface area contributed by atoms with Crippen molar-refractivity contribution in [2.45, 2.75) is 13.0 Å². The van der Waals surface area contributed by atoms with Gasteiger partial charge in [0.2, 0.25) is 0 Å². The third-order valence-corrected chi connectivity index (χ3v) is 2.03. The summed E-state index contributed by atoms with van der Waals surface area (Å²) in [5, 5.41) is 2.24. The third-order valence-electron chi connectivity index (χ3n) is 2.03. The fourth-order valence-electron chi connectivity index (χ4n) is 1.13. The van der Waals surface area contributed by atoms with Gasteiger partial charge in [-0.3, -0.25) is 14.6 Å². The number of rotatable bonds is 4. The van der Waals surface area contributed by atoms with Crippen molar-refractivity contribution in [1.29, 1.82) is 0 Å². The fraction of sp³-hybridized carbons (Fsp3) is 0.273. The summed E-state index contributed by atoms with van der Waals surface area (Å²) >= 11 is 0. The molecule has 17 heavy (non-hydrogen) atoms. The topological polar surface area (TPSA) is 85.4 Å². The maximum Gasteiger partial charge on any atom is 0.328 e. The summed E-state index contributed by atoms with van der Waals surface area (Å²) in [5.74, 6) is -2.22. The molecule has 6 nitrogen and oxygen atoms in total. The quantitative estimate of drug-likeness (QED) is 0.449. The highest BCUT2D eigenvalue weighted by Gasteiger charge is 2.21. The molecule has 0 aliphatic heterocycles. The summed E-state index contributed by atoms with van der Waals surface area (Å²) in [6.45, 7) is 1.43. The van der Waals surface area contributed by atoms with E-state index in [0.717, 1.165) is 0 Å². The Labute approximate surface area is 98.0 Å².